The van der Waals surface area contributed by atoms with Crippen LogP contribution in [-0.2, 0) is 0 Å². The van der Waals surface area contributed by atoms with Gasteiger partial charge in [0.05, 0.1) is 0 Å². The summed E-state index contributed by atoms with van der Waals surface area (Å²) in [5.41, 5.74) is 1.22. The minimum Gasteiger partial charge on any atom is -0.511 e. The molecule has 44 valence electrons. The van der Waals surface area contributed by atoms with E-state index in [-0.39, 0.29) is 5.38 Å². The van der Waals surface area contributed by atoms with Gasteiger partial charge in [-0.25, -0.2) is 0 Å². The van der Waals surface area contributed by atoms with Gasteiger partial charge in [0.15, 0.2) is 0 Å². The van der Waals surface area contributed by atoms with E-state index in [2.05, 4.69) is 0 Å². The van der Waals surface area contributed by atoms with Gasteiger partial charge in [-0.15, -0.1) is 0 Å². The smallest absolute Gasteiger partial charge is 0.429 e. The van der Waals surface area contributed by atoms with Gasteiger partial charge in [-0.05, 0) is 11.8 Å². The first-order valence-electron chi connectivity index (χ1n) is 2.16. The molecule has 4 heteroatoms. The van der Waals surface area contributed by atoms with Crippen molar-refractivity contribution in [3.8, 4) is 0 Å². The molecule has 0 spiro atoms. The van der Waals surface area contributed by atoms with Crippen molar-refractivity contribution in [3.05, 3.63) is 23.2 Å². The maximum Gasteiger partial charge on any atom is 0.429 e. The van der Waals surface area contributed by atoms with Gasteiger partial charge in [0.25, 0.3) is 0 Å². The second-order valence-electron chi connectivity index (χ2n) is 1.64. The Morgan fingerprint density at radius 1 is 1.38 bits per heavy atom. The summed E-state index contributed by atoms with van der Waals surface area (Å²) in [4.78, 5) is 17.5. The SMILES string of the molecule is OC1=CC=C[Si]1(O)O. The van der Waals surface area contributed by atoms with Crippen LogP contribution < -0.4 is 0 Å². The van der Waals surface area contributed by atoms with Crippen LogP contribution in [0.4, 0.5) is 0 Å². The van der Waals surface area contributed by atoms with Gasteiger partial charge in [0.1, 0.15) is 5.38 Å². The molecule has 0 fully saturated rings. The summed E-state index contributed by atoms with van der Waals surface area (Å²) in [6.45, 7) is 0. The lowest BCUT2D eigenvalue weighted by atomic mass is 10.6. The predicted molar refractivity (Wildman–Crippen MR) is 30.0 cm³/mol. The Balaban J connectivity index is 2.87. The van der Waals surface area contributed by atoms with Crippen molar-refractivity contribution in [2.24, 2.45) is 0 Å². The Kier molecular flexibility index (Phi) is 1.00. The molecule has 0 aromatic rings. The summed E-state index contributed by atoms with van der Waals surface area (Å²) in [7, 11) is -3.41. The van der Waals surface area contributed by atoms with Crippen LogP contribution in [0.1, 0.15) is 0 Å². The van der Waals surface area contributed by atoms with E-state index in [4.69, 9.17) is 14.7 Å². The zero-order valence-electron chi connectivity index (χ0n) is 4.07. The van der Waals surface area contributed by atoms with Crippen LogP contribution in [0.25, 0.3) is 0 Å². The first kappa shape index (κ1) is 5.55. The second-order valence-corrected chi connectivity index (χ2v) is 3.94. The average molecular weight is 130 g/mol. The molecule has 1 heterocycles. The van der Waals surface area contributed by atoms with E-state index in [0.717, 1.165) is 0 Å². The molecule has 0 unspecified atom stereocenters. The fourth-order valence-corrected chi connectivity index (χ4v) is 1.36. The first-order chi connectivity index (χ1) is 3.63. The highest BCUT2D eigenvalue weighted by molar-refractivity contribution is 6.77. The van der Waals surface area contributed by atoms with Crippen molar-refractivity contribution in [3.63, 3.8) is 0 Å². The van der Waals surface area contributed by atoms with Gasteiger partial charge in [0, 0.05) is 0 Å². The monoisotopic (exact) mass is 130 g/mol. The van der Waals surface area contributed by atoms with Gasteiger partial charge in [-0.1, -0.05) is 6.08 Å². The molecule has 3 nitrogen and oxygen atoms in total. The third kappa shape index (κ3) is 0.685. The fourth-order valence-electron chi connectivity index (χ4n) is 0.481. The van der Waals surface area contributed by atoms with Crippen LogP contribution in [0.3, 0.4) is 0 Å². The summed E-state index contributed by atoms with van der Waals surface area (Å²) in [5, 5.41) is 8.32. The predicted octanol–water partition coefficient (Wildman–Crippen LogP) is -0.497. The largest absolute Gasteiger partial charge is 0.511 e. The second kappa shape index (κ2) is 1.44. The minimum atomic E-state index is -3.41. The van der Waals surface area contributed by atoms with E-state index in [9.17, 15) is 0 Å². The Morgan fingerprint density at radius 3 is 2.12 bits per heavy atom. The highest BCUT2D eigenvalue weighted by Crippen LogP contribution is 2.12. The molecule has 0 amide bonds. The van der Waals surface area contributed by atoms with Crippen LogP contribution in [0.5, 0.6) is 0 Å². The van der Waals surface area contributed by atoms with E-state index in [1.54, 1.807) is 0 Å². The van der Waals surface area contributed by atoms with Crippen molar-refractivity contribution in [1.82, 2.24) is 0 Å². The molecule has 0 radical (unpaired) electrons. The van der Waals surface area contributed by atoms with Crippen LogP contribution in [0.2, 0.25) is 0 Å². The normalized spacial score (nSPS) is 23.5. The molecule has 0 bridgehead atoms. The topological polar surface area (TPSA) is 60.7 Å². The summed E-state index contributed by atoms with van der Waals surface area (Å²) in [6, 6.07) is 0. The first-order valence-corrected chi connectivity index (χ1v) is 4.14. The molecule has 0 saturated heterocycles. The summed E-state index contributed by atoms with van der Waals surface area (Å²) >= 11 is 0. The van der Waals surface area contributed by atoms with E-state index >= 15 is 0 Å². The molecule has 1 rings (SSSR count). The summed E-state index contributed by atoms with van der Waals surface area (Å²) in [5.74, 6) is 0. The highest BCUT2D eigenvalue weighted by atomic mass is 28.4. The number of hydrogen-bond donors (Lipinski definition) is 3. The van der Waals surface area contributed by atoms with Crippen LogP contribution >= 0.6 is 0 Å². The summed E-state index contributed by atoms with van der Waals surface area (Å²) in [6.07, 6.45) is 2.72. The third-order valence-electron chi connectivity index (χ3n) is 0.960. The Morgan fingerprint density at radius 2 is 2.00 bits per heavy atom. The molecule has 1 aliphatic rings. The molecular weight excluding hydrogens is 124 g/mol. The van der Waals surface area contributed by atoms with Crippen molar-refractivity contribution in [2.45, 2.75) is 0 Å². The fraction of sp³-hybridized carbons (Fsp3) is 0. The Labute approximate surface area is 47.5 Å². The Bertz CT molecular complexity index is 159. The maximum absolute atomic E-state index is 8.75. The standard InChI is InChI=1S/C4H6O3Si/c5-4-2-1-3-8(4,6)7/h1-3,5-7H. The molecule has 0 saturated carbocycles. The highest BCUT2D eigenvalue weighted by Gasteiger charge is 2.34. The van der Waals surface area contributed by atoms with E-state index in [1.165, 1.54) is 17.9 Å². The van der Waals surface area contributed by atoms with Crippen LogP contribution in [0.15, 0.2) is 23.2 Å². The minimum absolute atomic E-state index is 0.294. The number of rotatable bonds is 0. The number of hydrogen-bond acceptors (Lipinski definition) is 3. The molecule has 0 aliphatic carbocycles. The molecule has 3 N–H and O–H groups in total. The quantitative estimate of drug-likeness (QED) is 0.387. The van der Waals surface area contributed by atoms with Gasteiger partial charge in [-0.3, -0.25) is 0 Å². The zero-order valence-corrected chi connectivity index (χ0v) is 5.07. The molecule has 0 aromatic heterocycles. The molecule has 1 aliphatic heterocycles. The van der Waals surface area contributed by atoms with Crippen LogP contribution in [-0.4, -0.2) is 23.3 Å². The van der Waals surface area contributed by atoms with Crippen LogP contribution in [0, 0.1) is 0 Å². The van der Waals surface area contributed by atoms with Crippen molar-refractivity contribution >= 4 is 8.56 Å². The molecule has 0 aromatic carbocycles. The number of aliphatic hydroxyl groups excluding tert-OH is 1. The average Bonchev–Trinajstić information content (AvgIpc) is 1.86. The van der Waals surface area contributed by atoms with Gasteiger partial charge in [-0.2, -0.15) is 0 Å². The third-order valence-corrected chi connectivity index (χ3v) is 2.54. The molecule has 8 heavy (non-hydrogen) atoms. The van der Waals surface area contributed by atoms with E-state index < -0.39 is 8.56 Å². The van der Waals surface area contributed by atoms with Crippen molar-refractivity contribution in [2.75, 3.05) is 0 Å². The van der Waals surface area contributed by atoms with Crippen molar-refractivity contribution in [1.29, 1.82) is 0 Å². The van der Waals surface area contributed by atoms with Gasteiger partial charge in [0.2, 0.25) is 0 Å². The maximum atomic E-state index is 8.75. The van der Waals surface area contributed by atoms with Gasteiger partial charge < -0.3 is 14.7 Å². The number of allylic oxidation sites excluding steroid dienone is 2. The molecular formula is C4H6O3Si. The zero-order chi connectivity index (χ0) is 6.20. The molecule has 0 atom stereocenters. The summed E-state index contributed by atoms with van der Waals surface area (Å²) < 4.78 is 0. The number of aliphatic hydroxyl groups is 1. The van der Waals surface area contributed by atoms with E-state index in [1.807, 2.05) is 0 Å². The van der Waals surface area contributed by atoms with E-state index in [0.29, 0.717) is 0 Å². The lowest BCUT2D eigenvalue weighted by molar-refractivity contribution is 0.334. The lowest BCUT2D eigenvalue weighted by Gasteiger charge is -2.05. The Hall–Kier alpha value is -0.583. The van der Waals surface area contributed by atoms with Gasteiger partial charge >= 0.3 is 8.56 Å². The lowest BCUT2D eigenvalue weighted by Crippen LogP contribution is -2.33. The van der Waals surface area contributed by atoms with Crippen molar-refractivity contribution < 1.29 is 14.7 Å².